The normalized spacial score (nSPS) is 11.2. The third-order valence-electron chi connectivity index (χ3n) is 3.57. The number of carboxylic acid groups (broad SMARTS) is 1. The van der Waals surface area contributed by atoms with Crippen LogP contribution < -0.4 is 5.32 Å². The maximum Gasteiger partial charge on any atom is 0.407 e. The summed E-state index contributed by atoms with van der Waals surface area (Å²) < 4.78 is 13.0. The highest BCUT2D eigenvalue weighted by Gasteiger charge is 2.25. The second-order valence-electron chi connectivity index (χ2n) is 6.51. The topological polar surface area (TPSA) is 95.7 Å². The van der Waals surface area contributed by atoms with Crippen LogP contribution in [-0.2, 0) is 0 Å². The van der Waals surface area contributed by atoms with Gasteiger partial charge < -0.3 is 15.3 Å². The number of halogens is 1. The fourth-order valence-electron chi connectivity index (χ4n) is 2.32. The van der Waals surface area contributed by atoms with E-state index in [0.717, 1.165) is 18.9 Å². The van der Waals surface area contributed by atoms with Crippen molar-refractivity contribution < 1.29 is 19.2 Å². The van der Waals surface area contributed by atoms with Crippen molar-refractivity contribution in [2.24, 2.45) is 0 Å². The Morgan fingerprint density at radius 2 is 2.00 bits per heavy atom. The number of carbonyl (C=O) groups is 1. The predicted octanol–water partition coefficient (Wildman–Crippen LogP) is 4.09. The molecule has 0 unspecified atom stereocenters. The monoisotopic (exact) mass is 341 g/mol. The van der Waals surface area contributed by atoms with Gasteiger partial charge in [0, 0.05) is 18.6 Å². The van der Waals surface area contributed by atoms with Crippen molar-refractivity contribution in [2.45, 2.75) is 45.6 Å². The summed E-state index contributed by atoms with van der Waals surface area (Å²) in [5, 5.41) is 23.0. The van der Waals surface area contributed by atoms with Crippen molar-refractivity contribution >= 4 is 17.5 Å². The molecule has 134 valence electrons. The van der Waals surface area contributed by atoms with E-state index in [9.17, 15) is 24.4 Å². The van der Waals surface area contributed by atoms with Crippen LogP contribution in [0.3, 0.4) is 0 Å². The summed E-state index contributed by atoms with van der Waals surface area (Å²) in [6, 6.07) is 3.40. The average Bonchev–Trinajstić information content (AvgIpc) is 2.45. The van der Waals surface area contributed by atoms with Crippen LogP contribution in [0.15, 0.2) is 18.2 Å². The highest BCUT2D eigenvalue weighted by atomic mass is 19.1. The number of nitrogens with one attached hydrogen (secondary N) is 1. The van der Waals surface area contributed by atoms with Crippen molar-refractivity contribution in [3.8, 4) is 0 Å². The molecular weight excluding hydrogens is 317 g/mol. The molecule has 0 heterocycles. The molecule has 0 aliphatic rings. The first-order valence-corrected chi connectivity index (χ1v) is 7.81. The molecule has 0 aliphatic carbocycles. The Hall–Kier alpha value is -2.38. The van der Waals surface area contributed by atoms with Crippen LogP contribution in [-0.4, -0.2) is 39.7 Å². The molecule has 1 aromatic carbocycles. The van der Waals surface area contributed by atoms with Crippen LogP contribution in [0.2, 0.25) is 0 Å². The fraction of sp³-hybridized carbons (Fsp3) is 0.562. The van der Waals surface area contributed by atoms with Gasteiger partial charge in [0.2, 0.25) is 0 Å². The molecule has 0 spiro atoms. The van der Waals surface area contributed by atoms with Gasteiger partial charge in [0.25, 0.3) is 5.69 Å². The average molecular weight is 341 g/mol. The lowest BCUT2D eigenvalue weighted by Gasteiger charge is -2.33. The van der Waals surface area contributed by atoms with Gasteiger partial charge in [0.05, 0.1) is 11.0 Å². The molecule has 0 aliphatic heterocycles. The molecule has 0 saturated heterocycles. The predicted molar refractivity (Wildman–Crippen MR) is 89.9 cm³/mol. The number of amides is 1. The van der Waals surface area contributed by atoms with Crippen molar-refractivity contribution in [1.29, 1.82) is 0 Å². The van der Waals surface area contributed by atoms with Gasteiger partial charge in [0.15, 0.2) is 0 Å². The van der Waals surface area contributed by atoms with Crippen molar-refractivity contribution in [2.75, 3.05) is 18.4 Å². The zero-order valence-electron chi connectivity index (χ0n) is 14.2. The van der Waals surface area contributed by atoms with Crippen molar-refractivity contribution in [3.63, 3.8) is 0 Å². The Labute approximate surface area is 140 Å². The highest BCUT2D eigenvalue weighted by molar-refractivity contribution is 5.65. The minimum atomic E-state index is -0.942. The number of anilines is 1. The van der Waals surface area contributed by atoms with Crippen molar-refractivity contribution in [3.05, 3.63) is 34.1 Å². The van der Waals surface area contributed by atoms with E-state index in [1.165, 1.54) is 17.0 Å². The lowest BCUT2D eigenvalue weighted by Crippen LogP contribution is -2.45. The van der Waals surface area contributed by atoms with Gasteiger partial charge in [-0.25, -0.2) is 9.18 Å². The van der Waals surface area contributed by atoms with Gasteiger partial charge in [-0.1, -0.05) is 0 Å². The molecule has 0 radical (unpaired) electrons. The maximum atomic E-state index is 13.0. The van der Waals surface area contributed by atoms with Crippen LogP contribution in [0.25, 0.3) is 0 Å². The Morgan fingerprint density at radius 3 is 2.54 bits per heavy atom. The number of nitro groups is 1. The Bertz CT molecular complexity index is 587. The molecule has 0 saturated carbocycles. The van der Waals surface area contributed by atoms with Crippen LogP contribution >= 0.6 is 0 Å². The van der Waals surface area contributed by atoms with Crippen LogP contribution in [0.4, 0.5) is 20.6 Å². The Kier molecular flexibility index (Phi) is 6.94. The van der Waals surface area contributed by atoms with Gasteiger partial charge in [-0.05, 0) is 52.2 Å². The molecular formula is C16H24FN3O4. The first-order valence-electron chi connectivity index (χ1n) is 7.81. The summed E-state index contributed by atoms with van der Waals surface area (Å²) in [6.45, 7) is 6.47. The summed E-state index contributed by atoms with van der Waals surface area (Å²) in [7, 11) is 0. The SMILES string of the molecule is CC(C)(C)N(CCCCCNc1ccc(F)cc1[N+](=O)[O-])C(=O)O. The molecule has 0 aromatic heterocycles. The third-order valence-corrected chi connectivity index (χ3v) is 3.57. The third kappa shape index (κ3) is 6.02. The number of hydrogen-bond acceptors (Lipinski definition) is 4. The molecule has 0 bridgehead atoms. The van der Waals surface area contributed by atoms with E-state index in [-0.39, 0.29) is 11.4 Å². The summed E-state index contributed by atoms with van der Waals surface area (Å²) in [4.78, 5) is 22.8. The number of hydrogen-bond donors (Lipinski definition) is 2. The summed E-state index contributed by atoms with van der Waals surface area (Å²) in [6.07, 6.45) is 1.27. The van der Waals surface area contributed by atoms with Crippen LogP contribution in [0, 0.1) is 15.9 Å². The van der Waals surface area contributed by atoms with Gasteiger partial charge in [0.1, 0.15) is 11.5 Å². The molecule has 0 fully saturated rings. The lowest BCUT2D eigenvalue weighted by molar-refractivity contribution is -0.384. The highest BCUT2D eigenvalue weighted by Crippen LogP contribution is 2.25. The Balaban J connectivity index is 2.40. The van der Waals surface area contributed by atoms with E-state index in [4.69, 9.17) is 0 Å². The molecule has 0 atom stereocenters. The number of unbranched alkanes of at least 4 members (excludes halogenated alkanes) is 2. The summed E-state index contributed by atoms with van der Waals surface area (Å²) in [5.74, 6) is -0.650. The molecule has 1 aromatic rings. The zero-order valence-corrected chi connectivity index (χ0v) is 14.2. The fourth-order valence-corrected chi connectivity index (χ4v) is 2.32. The molecule has 8 heteroatoms. The molecule has 1 amide bonds. The summed E-state index contributed by atoms with van der Waals surface area (Å²) in [5.41, 5.74) is -0.457. The lowest BCUT2D eigenvalue weighted by atomic mass is 10.1. The second-order valence-corrected chi connectivity index (χ2v) is 6.51. The van der Waals surface area contributed by atoms with E-state index >= 15 is 0 Å². The second kappa shape index (κ2) is 8.47. The molecule has 2 N–H and O–H groups in total. The number of benzene rings is 1. The number of rotatable bonds is 8. The van der Waals surface area contributed by atoms with Gasteiger partial charge in [-0.3, -0.25) is 10.1 Å². The standard InChI is InChI=1S/C16H24FN3O4/c1-16(2,3)19(15(21)22)10-6-4-5-9-18-13-8-7-12(17)11-14(13)20(23)24/h7-8,11,18H,4-6,9-10H2,1-3H3,(H,21,22). The van der Waals surface area contributed by atoms with E-state index in [2.05, 4.69) is 5.32 Å². The molecule has 7 nitrogen and oxygen atoms in total. The van der Waals surface area contributed by atoms with Crippen molar-refractivity contribution in [1.82, 2.24) is 4.90 Å². The smallest absolute Gasteiger partial charge is 0.407 e. The first-order chi connectivity index (χ1) is 11.1. The van der Waals surface area contributed by atoms with Crippen LogP contribution in [0.5, 0.6) is 0 Å². The van der Waals surface area contributed by atoms with Gasteiger partial charge in [-0.2, -0.15) is 0 Å². The molecule has 1 rings (SSSR count). The minimum absolute atomic E-state index is 0.281. The van der Waals surface area contributed by atoms with Crippen LogP contribution in [0.1, 0.15) is 40.0 Å². The summed E-state index contributed by atoms with van der Waals surface area (Å²) >= 11 is 0. The minimum Gasteiger partial charge on any atom is -0.465 e. The quantitative estimate of drug-likeness (QED) is 0.422. The first kappa shape index (κ1) is 19.7. The van der Waals surface area contributed by atoms with Gasteiger partial charge in [-0.15, -0.1) is 0 Å². The molecule has 24 heavy (non-hydrogen) atoms. The van der Waals surface area contributed by atoms with E-state index in [1.54, 1.807) is 0 Å². The zero-order chi connectivity index (χ0) is 18.3. The Morgan fingerprint density at radius 1 is 1.33 bits per heavy atom. The van der Waals surface area contributed by atoms with E-state index < -0.39 is 22.4 Å². The van der Waals surface area contributed by atoms with Gasteiger partial charge >= 0.3 is 6.09 Å². The number of nitrogens with zero attached hydrogens (tertiary/aromatic N) is 2. The van der Waals surface area contributed by atoms with E-state index in [0.29, 0.717) is 19.5 Å². The van der Waals surface area contributed by atoms with E-state index in [1.807, 2.05) is 20.8 Å². The largest absolute Gasteiger partial charge is 0.465 e. The number of nitro benzene ring substituents is 1. The maximum absolute atomic E-state index is 13.0.